The van der Waals surface area contributed by atoms with Crippen LogP contribution in [0.25, 0.3) is 11.4 Å². The Morgan fingerprint density at radius 1 is 1.03 bits per heavy atom. The molecule has 156 valence electrons. The Hall–Kier alpha value is -3.88. The van der Waals surface area contributed by atoms with Crippen molar-refractivity contribution in [1.29, 1.82) is 0 Å². The predicted octanol–water partition coefficient (Wildman–Crippen LogP) is 3.86. The zero-order valence-electron chi connectivity index (χ0n) is 16.4. The second-order valence-corrected chi connectivity index (χ2v) is 7.33. The second-order valence-electron chi connectivity index (χ2n) is 7.33. The molecule has 0 spiro atoms. The summed E-state index contributed by atoms with van der Waals surface area (Å²) in [5.74, 6) is -1.28. The number of hydrogen-bond donors (Lipinski definition) is 1. The Kier molecular flexibility index (Phi) is 4.78. The standard InChI is InChI=1S/C22H18F2N6O/c23-14-5-8-16(9-6-14)30-19-4-2-1-3-17(19)21(28-30)22(31)27-15-7-10-20(18(24)11-15)29-13-25-12-26-29/h5-13H,1-4H2,(H,27,31). The topological polar surface area (TPSA) is 77.6 Å². The summed E-state index contributed by atoms with van der Waals surface area (Å²) in [7, 11) is 0. The summed E-state index contributed by atoms with van der Waals surface area (Å²) in [4.78, 5) is 16.8. The van der Waals surface area contributed by atoms with Gasteiger partial charge in [-0.3, -0.25) is 4.79 Å². The monoisotopic (exact) mass is 420 g/mol. The number of fused-ring (bicyclic) bond motifs is 1. The van der Waals surface area contributed by atoms with E-state index in [-0.39, 0.29) is 11.5 Å². The average Bonchev–Trinajstić information content (AvgIpc) is 3.43. The fourth-order valence-corrected chi connectivity index (χ4v) is 3.87. The van der Waals surface area contributed by atoms with Gasteiger partial charge in [-0.05, 0) is 68.1 Å². The molecule has 2 aromatic heterocycles. The third-order valence-corrected chi connectivity index (χ3v) is 5.34. The van der Waals surface area contributed by atoms with E-state index in [9.17, 15) is 13.6 Å². The van der Waals surface area contributed by atoms with Crippen molar-refractivity contribution in [2.45, 2.75) is 25.7 Å². The number of aromatic nitrogens is 5. The van der Waals surface area contributed by atoms with E-state index in [4.69, 9.17) is 0 Å². The zero-order valence-corrected chi connectivity index (χ0v) is 16.4. The van der Waals surface area contributed by atoms with E-state index in [0.29, 0.717) is 17.1 Å². The molecule has 0 aliphatic heterocycles. The first kappa shape index (κ1) is 19.1. The highest BCUT2D eigenvalue weighted by Gasteiger charge is 2.26. The lowest BCUT2D eigenvalue weighted by Gasteiger charge is -2.14. The molecule has 5 rings (SSSR count). The van der Waals surface area contributed by atoms with Crippen LogP contribution in [-0.4, -0.2) is 30.5 Å². The summed E-state index contributed by atoms with van der Waals surface area (Å²) in [6, 6.07) is 10.4. The van der Waals surface area contributed by atoms with Gasteiger partial charge >= 0.3 is 0 Å². The number of rotatable bonds is 4. The molecular weight excluding hydrogens is 402 g/mol. The molecule has 0 atom stereocenters. The number of benzene rings is 2. The van der Waals surface area contributed by atoms with Crippen LogP contribution in [0.15, 0.2) is 55.1 Å². The fraction of sp³-hybridized carbons (Fsp3) is 0.182. The van der Waals surface area contributed by atoms with Gasteiger partial charge in [0.15, 0.2) is 11.5 Å². The molecular formula is C22H18F2N6O. The lowest BCUT2D eigenvalue weighted by molar-refractivity contribution is 0.102. The van der Waals surface area contributed by atoms with Crippen LogP contribution in [0.4, 0.5) is 14.5 Å². The summed E-state index contributed by atoms with van der Waals surface area (Å²) in [6.45, 7) is 0. The molecule has 2 heterocycles. The molecule has 2 aromatic carbocycles. The lowest BCUT2D eigenvalue weighted by Crippen LogP contribution is -2.16. The number of carbonyl (C=O) groups excluding carboxylic acids is 1. The minimum Gasteiger partial charge on any atom is -0.320 e. The van der Waals surface area contributed by atoms with Crippen LogP contribution < -0.4 is 5.32 Å². The summed E-state index contributed by atoms with van der Waals surface area (Å²) in [6.07, 6.45) is 6.19. The molecule has 7 nitrogen and oxygen atoms in total. The summed E-state index contributed by atoms with van der Waals surface area (Å²) >= 11 is 0. The van der Waals surface area contributed by atoms with E-state index in [0.717, 1.165) is 36.9 Å². The van der Waals surface area contributed by atoms with Gasteiger partial charge in [-0.1, -0.05) is 0 Å². The fourth-order valence-electron chi connectivity index (χ4n) is 3.87. The van der Waals surface area contributed by atoms with Crippen molar-refractivity contribution in [2.24, 2.45) is 0 Å². The Balaban J connectivity index is 1.46. The molecule has 1 amide bonds. The molecule has 0 fully saturated rings. The van der Waals surface area contributed by atoms with Gasteiger partial charge in [-0.25, -0.2) is 23.1 Å². The quantitative estimate of drug-likeness (QED) is 0.544. The molecule has 1 aliphatic rings. The number of carbonyl (C=O) groups is 1. The van der Waals surface area contributed by atoms with Crippen molar-refractivity contribution in [3.8, 4) is 11.4 Å². The van der Waals surface area contributed by atoms with Crippen LogP contribution in [0.5, 0.6) is 0 Å². The highest BCUT2D eigenvalue weighted by atomic mass is 19.1. The van der Waals surface area contributed by atoms with Crippen molar-refractivity contribution in [3.63, 3.8) is 0 Å². The first-order chi connectivity index (χ1) is 15.1. The van der Waals surface area contributed by atoms with Crippen molar-refractivity contribution < 1.29 is 13.6 Å². The molecule has 0 unspecified atom stereocenters. The number of amides is 1. The average molecular weight is 420 g/mol. The van der Waals surface area contributed by atoms with E-state index >= 15 is 0 Å². The van der Waals surface area contributed by atoms with E-state index < -0.39 is 11.7 Å². The molecule has 0 radical (unpaired) electrons. The first-order valence-corrected chi connectivity index (χ1v) is 9.93. The second kappa shape index (κ2) is 7.75. The van der Waals surface area contributed by atoms with Crippen LogP contribution in [0.3, 0.4) is 0 Å². The number of nitrogens with zero attached hydrogens (tertiary/aromatic N) is 5. The van der Waals surface area contributed by atoms with Crippen LogP contribution >= 0.6 is 0 Å². The largest absolute Gasteiger partial charge is 0.320 e. The molecule has 0 saturated heterocycles. The van der Waals surface area contributed by atoms with Crippen LogP contribution in [0.2, 0.25) is 0 Å². The van der Waals surface area contributed by atoms with Crippen molar-refractivity contribution in [3.05, 3.63) is 83.7 Å². The maximum atomic E-state index is 14.5. The maximum absolute atomic E-state index is 14.5. The third-order valence-electron chi connectivity index (χ3n) is 5.34. The summed E-state index contributed by atoms with van der Waals surface area (Å²) in [5, 5.41) is 11.2. The van der Waals surface area contributed by atoms with Crippen molar-refractivity contribution >= 4 is 11.6 Å². The van der Waals surface area contributed by atoms with Gasteiger partial charge < -0.3 is 5.32 Å². The van der Waals surface area contributed by atoms with Gasteiger partial charge in [-0.2, -0.15) is 10.2 Å². The minimum absolute atomic E-state index is 0.230. The van der Waals surface area contributed by atoms with E-state index in [1.165, 1.54) is 41.6 Å². The van der Waals surface area contributed by atoms with E-state index in [1.54, 1.807) is 22.9 Å². The lowest BCUT2D eigenvalue weighted by atomic mass is 9.95. The summed E-state index contributed by atoms with van der Waals surface area (Å²) < 4.78 is 30.9. The molecule has 1 N–H and O–H groups in total. The highest BCUT2D eigenvalue weighted by molar-refractivity contribution is 6.04. The Morgan fingerprint density at radius 2 is 1.84 bits per heavy atom. The molecule has 0 bridgehead atoms. The highest BCUT2D eigenvalue weighted by Crippen LogP contribution is 2.28. The summed E-state index contributed by atoms with van der Waals surface area (Å²) in [5.41, 5.74) is 3.38. The Bertz CT molecular complexity index is 1250. The molecule has 4 aromatic rings. The van der Waals surface area contributed by atoms with Gasteiger partial charge in [0.25, 0.3) is 5.91 Å². The number of halogens is 2. The molecule has 0 saturated carbocycles. The normalized spacial score (nSPS) is 13.1. The Morgan fingerprint density at radius 3 is 2.58 bits per heavy atom. The maximum Gasteiger partial charge on any atom is 0.276 e. The Labute approximate surface area is 176 Å². The predicted molar refractivity (Wildman–Crippen MR) is 109 cm³/mol. The number of anilines is 1. The first-order valence-electron chi connectivity index (χ1n) is 9.93. The van der Waals surface area contributed by atoms with Crippen LogP contribution in [0.1, 0.15) is 34.6 Å². The van der Waals surface area contributed by atoms with Crippen molar-refractivity contribution in [2.75, 3.05) is 5.32 Å². The van der Waals surface area contributed by atoms with E-state index in [1.807, 2.05) is 0 Å². The zero-order chi connectivity index (χ0) is 21.4. The van der Waals surface area contributed by atoms with Crippen LogP contribution in [0, 0.1) is 11.6 Å². The SMILES string of the molecule is O=C(Nc1ccc(-n2cncn2)c(F)c1)c1nn(-c2ccc(F)cc2)c2c1CCCC2. The third kappa shape index (κ3) is 3.58. The van der Waals surface area contributed by atoms with Gasteiger partial charge in [0, 0.05) is 16.9 Å². The van der Waals surface area contributed by atoms with Gasteiger partial charge in [0.1, 0.15) is 24.2 Å². The molecule has 31 heavy (non-hydrogen) atoms. The number of hydrogen-bond acceptors (Lipinski definition) is 4. The van der Waals surface area contributed by atoms with Crippen LogP contribution in [-0.2, 0) is 12.8 Å². The molecule has 1 aliphatic carbocycles. The van der Waals surface area contributed by atoms with Gasteiger partial charge in [0.2, 0.25) is 0 Å². The minimum atomic E-state index is -0.540. The molecule has 9 heteroatoms. The smallest absolute Gasteiger partial charge is 0.276 e. The van der Waals surface area contributed by atoms with E-state index in [2.05, 4.69) is 20.5 Å². The number of nitrogens with one attached hydrogen (secondary N) is 1. The van der Waals surface area contributed by atoms with Crippen molar-refractivity contribution in [1.82, 2.24) is 24.5 Å². The van der Waals surface area contributed by atoms with Gasteiger partial charge in [-0.15, -0.1) is 0 Å². The van der Waals surface area contributed by atoms with Gasteiger partial charge in [0.05, 0.1) is 5.69 Å².